The summed E-state index contributed by atoms with van der Waals surface area (Å²) in [6.45, 7) is 1.89. The SMILES string of the molecule is Cc1ccc(C(=O)C(C#N)c2cccc(Cl)c2)c(Cl)c1. The van der Waals surface area contributed by atoms with Gasteiger partial charge in [-0.05, 0) is 42.3 Å². The molecule has 0 aliphatic heterocycles. The number of nitriles is 1. The molecule has 1 unspecified atom stereocenters. The van der Waals surface area contributed by atoms with Crippen LogP contribution in [0.25, 0.3) is 0 Å². The summed E-state index contributed by atoms with van der Waals surface area (Å²) in [6, 6.07) is 13.9. The predicted molar refractivity (Wildman–Crippen MR) is 80.3 cm³/mol. The summed E-state index contributed by atoms with van der Waals surface area (Å²) in [7, 11) is 0. The number of ketones is 1. The maximum atomic E-state index is 12.5. The normalized spacial score (nSPS) is 11.7. The Bertz CT molecular complexity index is 704. The van der Waals surface area contributed by atoms with Gasteiger partial charge < -0.3 is 0 Å². The van der Waals surface area contributed by atoms with Crippen LogP contribution in [-0.2, 0) is 0 Å². The van der Waals surface area contributed by atoms with E-state index in [4.69, 9.17) is 23.2 Å². The molecule has 0 aliphatic carbocycles. The van der Waals surface area contributed by atoms with Gasteiger partial charge in [0.1, 0.15) is 5.92 Å². The lowest BCUT2D eigenvalue weighted by Crippen LogP contribution is -2.12. The lowest BCUT2D eigenvalue weighted by atomic mass is 9.91. The van der Waals surface area contributed by atoms with E-state index in [0.29, 0.717) is 21.2 Å². The smallest absolute Gasteiger partial charge is 0.185 e. The highest BCUT2D eigenvalue weighted by molar-refractivity contribution is 6.34. The highest BCUT2D eigenvalue weighted by Crippen LogP contribution is 2.27. The van der Waals surface area contributed by atoms with E-state index in [1.807, 2.05) is 13.0 Å². The number of aryl methyl sites for hydroxylation is 1. The van der Waals surface area contributed by atoms with Crippen molar-refractivity contribution in [3.05, 3.63) is 69.2 Å². The number of halogens is 2. The zero-order chi connectivity index (χ0) is 14.7. The Hall–Kier alpha value is -1.82. The number of nitrogens with zero attached hydrogens (tertiary/aromatic N) is 1. The van der Waals surface area contributed by atoms with Crippen LogP contribution in [0.5, 0.6) is 0 Å². The Morgan fingerprint density at radius 2 is 1.95 bits per heavy atom. The van der Waals surface area contributed by atoms with Gasteiger partial charge in [-0.2, -0.15) is 5.26 Å². The van der Waals surface area contributed by atoms with Crippen LogP contribution in [0.2, 0.25) is 10.0 Å². The average molecular weight is 304 g/mol. The summed E-state index contributed by atoms with van der Waals surface area (Å²) in [5.41, 5.74) is 1.88. The zero-order valence-corrected chi connectivity index (χ0v) is 12.2. The molecule has 0 fully saturated rings. The van der Waals surface area contributed by atoms with Gasteiger partial charge in [0.2, 0.25) is 0 Å². The average Bonchev–Trinajstić information content (AvgIpc) is 2.39. The fourth-order valence-corrected chi connectivity index (χ4v) is 2.47. The van der Waals surface area contributed by atoms with Gasteiger partial charge in [0, 0.05) is 10.6 Å². The van der Waals surface area contributed by atoms with Gasteiger partial charge in [-0.3, -0.25) is 4.79 Å². The Balaban J connectivity index is 2.42. The minimum absolute atomic E-state index is 0.320. The molecule has 0 aliphatic rings. The summed E-state index contributed by atoms with van der Waals surface area (Å²) in [5.74, 6) is -1.23. The molecular weight excluding hydrogens is 293 g/mol. The lowest BCUT2D eigenvalue weighted by Gasteiger charge is -2.10. The number of Topliss-reactive ketones (excluding diaryl/α,β-unsaturated/α-hetero) is 1. The van der Waals surface area contributed by atoms with Gasteiger partial charge in [0.25, 0.3) is 0 Å². The molecule has 0 heterocycles. The van der Waals surface area contributed by atoms with Crippen LogP contribution >= 0.6 is 23.2 Å². The molecule has 0 N–H and O–H groups in total. The number of rotatable bonds is 3. The Kier molecular flexibility index (Phi) is 4.44. The van der Waals surface area contributed by atoms with Crippen molar-refractivity contribution < 1.29 is 4.79 Å². The van der Waals surface area contributed by atoms with E-state index in [1.54, 1.807) is 42.5 Å². The highest BCUT2D eigenvalue weighted by Gasteiger charge is 2.23. The van der Waals surface area contributed by atoms with Crippen LogP contribution in [0.3, 0.4) is 0 Å². The maximum absolute atomic E-state index is 12.5. The van der Waals surface area contributed by atoms with E-state index in [1.165, 1.54) is 0 Å². The molecule has 4 heteroatoms. The van der Waals surface area contributed by atoms with Crippen LogP contribution in [-0.4, -0.2) is 5.78 Å². The van der Waals surface area contributed by atoms with Crippen molar-refractivity contribution in [3.8, 4) is 6.07 Å². The van der Waals surface area contributed by atoms with Gasteiger partial charge in [0.05, 0.1) is 11.1 Å². The molecule has 2 aromatic rings. The summed E-state index contributed by atoms with van der Waals surface area (Å²) in [4.78, 5) is 12.5. The molecule has 0 spiro atoms. The second kappa shape index (κ2) is 6.09. The van der Waals surface area contributed by atoms with Crippen molar-refractivity contribution in [3.63, 3.8) is 0 Å². The molecule has 0 saturated carbocycles. The lowest BCUT2D eigenvalue weighted by molar-refractivity contribution is 0.0979. The van der Waals surface area contributed by atoms with E-state index in [2.05, 4.69) is 0 Å². The van der Waals surface area contributed by atoms with Crippen LogP contribution in [0.4, 0.5) is 0 Å². The van der Waals surface area contributed by atoms with Crippen LogP contribution in [0.15, 0.2) is 42.5 Å². The summed E-state index contributed by atoms with van der Waals surface area (Å²) < 4.78 is 0. The molecule has 0 amide bonds. The first-order chi connectivity index (χ1) is 9.52. The minimum Gasteiger partial charge on any atom is -0.292 e. The molecule has 1 atom stereocenters. The highest BCUT2D eigenvalue weighted by atomic mass is 35.5. The first kappa shape index (κ1) is 14.6. The van der Waals surface area contributed by atoms with E-state index in [9.17, 15) is 10.1 Å². The van der Waals surface area contributed by atoms with Crippen LogP contribution in [0.1, 0.15) is 27.4 Å². The number of carbonyl (C=O) groups excluding carboxylic acids is 1. The van der Waals surface area contributed by atoms with Crippen molar-refractivity contribution in [1.82, 2.24) is 0 Å². The summed E-state index contributed by atoms with van der Waals surface area (Å²) >= 11 is 12.0. The Labute approximate surface area is 127 Å². The quantitative estimate of drug-likeness (QED) is 0.765. The number of hydrogen-bond donors (Lipinski definition) is 0. The zero-order valence-electron chi connectivity index (χ0n) is 10.7. The van der Waals surface area contributed by atoms with Crippen LogP contribution < -0.4 is 0 Å². The number of benzene rings is 2. The maximum Gasteiger partial charge on any atom is 0.185 e. The molecule has 20 heavy (non-hydrogen) atoms. The van der Waals surface area contributed by atoms with Crippen molar-refractivity contribution in [2.45, 2.75) is 12.8 Å². The summed E-state index contributed by atoms with van der Waals surface area (Å²) in [6.07, 6.45) is 0. The standard InChI is InChI=1S/C16H11Cl2NO/c1-10-5-6-13(15(18)7-10)16(20)14(9-19)11-3-2-4-12(17)8-11/h2-8,14H,1H3. The van der Waals surface area contributed by atoms with E-state index in [-0.39, 0.29) is 5.78 Å². The van der Waals surface area contributed by atoms with Crippen molar-refractivity contribution in [2.24, 2.45) is 0 Å². The molecule has 100 valence electrons. The van der Waals surface area contributed by atoms with E-state index >= 15 is 0 Å². The second-order valence-electron chi connectivity index (χ2n) is 4.46. The topological polar surface area (TPSA) is 40.9 Å². The molecule has 2 aromatic carbocycles. The molecule has 2 nitrogen and oxygen atoms in total. The molecule has 2 rings (SSSR count). The number of hydrogen-bond acceptors (Lipinski definition) is 2. The third-order valence-corrected chi connectivity index (χ3v) is 3.51. The van der Waals surface area contributed by atoms with Gasteiger partial charge in [0.15, 0.2) is 5.78 Å². The Morgan fingerprint density at radius 1 is 1.20 bits per heavy atom. The van der Waals surface area contributed by atoms with Crippen molar-refractivity contribution in [1.29, 1.82) is 5.26 Å². The van der Waals surface area contributed by atoms with Crippen LogP contribution in [0, 0.1) is 18.3 Å². The van der Waals surface area contributed by atoms with Gasteiger partial charge in [-0.25, -0.2) is 0 Å². The first-order valence-corrected chi connectivity index (χ1v) is 6.74. The second-order valence-corrected chi connectivity index (χ2v) is 5.31. The minimum atomic E-state index is -0.908. The first-order valence-electron chi connectivity index (χ1n) is 5.98. The predicted octanol–water partition coefficient (Wildman–Crippen LogP) is 4.79. The van der Waals surface area contributed by atoms with Gasteiger partial charge >= 0.3 is 0 Å². The third kappa shape index (κ3) is 3.01. The third-order valence-electron chi connectivity index (χ3n) is 2.96. The fourth-order valence-electron chi connectivity index (χ4n) is 1.95. The van der Waals surface area contributed by atoms with Gasteiger partial charge in [-0.15, -0.1) is 0 Å². The monoisotopic (exact) mass is 303 g/mol. The van der Waals surface area contributed by atoms with Crippen molar-refractivity contribution in [2.75, 3.05) is 0 Å². The summed E-state index contributed by atoms with van der Waals surface area (Å²) in [5, 5.41) is 10.1. The van der Waals surface area contributed by atoms with Gasteiger partial charge in [-0.1, -0.05) is 41.4 Å². The van der Waals surface area contributed by atoms with E-state index in [0.717, 1.165) is 5.56 Å². The molecule has 0 bridgehead atoms. The molecular formula is C16H11Cl2NO. The largest absolute Gasteiger partial charge is 0.292 e. The number of carbonyl (C=O) groups is 1. The molecule has 0 aromatic heterocycles. The van der Waals surface area contributed by atoms with E-state index < -0.39 is 5.92 Å². The Morgan fingerprint density at radius 3 is 2.55 bits per heavy atom. The molecule has 0 radical (unpaired) electrons. The molecule has 0 saturated heterocycles. The van der Waals surface area contributed by atoms with Crippen molar-refractivity contribution >= 4 is 29.0 Å². The fraction of sp³-hybridized carbons (Fsp3) is 0.125.